The Morgan fingerprint density at radius 2 is 2.16 bits per heavy atom. The van der Waals surface area contributed by atoms with Crippen molar-refractivity contribution >= 4 is 28.8 Å². The molecule has 2 heterocycles. The number of guanidine groups is 1. The number of anilines is 1. The summed E-state index contributed by atoms with van der Waals surface area (Å²) in [4.78, 5) is 7.95. The first-order chi connectivity index (χ1) is 11.4. The van der Waals surface area contributed by atoms with Crippen molar-refractivity contribution in [1.82, 2.24) is 10.3 Å². The zero-order valence-electron chi connectivity index (χ0n) is 13.7. The van der Waals surface area contributed by atoms with E-state index >= 15 is 0 Å². The third-order valence-electron chi connectivity index (χ3n) is 3.55. The van der Waals surface area contributed by atoms with Gasteiger partial charge in [-0.15, -0.1) is 17.0 Å². The quantitative estimate of drug-likeness (QED) is 0.355. The summed E-state index contributed by atoms with van der Waals surface area (Å²) in [7, 11) is 0. The minimum absolute atomic E-state index is 0. The van der Waals surface area contributed by atoms with Crippen molar-refractivity contribution in [2.45, 2.75) is 31.5 Å². The van der Waals surface area contributed by atoms with Gasteiger partial charge in [0.25, 0.3) is 0 Å². The summed E-state index contributed by atoms with van der Waals surface area (Å²) in [5.41, 5.74) is 4.99. The van der Waals surface area contributed by atoms with Gasteiger partial charge in [0.05, 0.1) is 18.2 Å². The van der Waals surface area contributed by atoms with Gasteiger partial charge in [-0.25, -0.2) is 4.98 Å². The van der Waals surface area contributed by atoms with Crippen molar-refractivity contribution in [2.24, 2.45) is 10.7 Å². The van der Waals surface area contributed by atoms with Gasteiger partial charge in [0.2, 0.25) is 0 Å². The van der Waals surface area contributed by atoms with Crippen LogP contribution in [0.2, 0.25) is 0 Å². The molecule has 1 fully saturated rings. The molecule has 0 radical (unpaired) electrons. The third-order valence-corrected chi connectivity index (χ3v) is 3.55. The Balaban J connectivity index is 0.00000312. The van der Waals surface area contributed by atoms with Crippen LogP contribution in [-0.4, -0.2) is 43.3 Å². The maximum absolute atomic E-state index is 12.4. The number of hydrogen-bond acceptors (Lipinski definition) is 4. The molecule has 142 valence electrons. The number of hydrogen-bond donors (Lipinski definition) is 3. The molecule has 1 aliphatic heterocycles. The van der Waals surface area contributed by atoms with Crippen LogP contribution in [0.4, 0.5) is 19.0 Å². The zero-order chi connectivity index (χ0) is 17.4. The van der Waals surface area contributed by atoms with E-state index in [1.807, 2.05) is 0 Å². The molecule has 0 amide bonds. The summed E-state index contributed by atoms with van der Waals surface area (Å²) in [6.07, 6.45) is -0.582. The lowest BCUT2D eigenvalue weighted by Gasteiger charge is -2.10. The average molecular weight is 426 g/mol. The fourth-order valence-electron chi connectivity index (χ4n) is 2.23. The first-order valence-electron chi connectivity index (χ1n) is 7.87. The number of pyridine rings is 1. The Hall–Kier alpha value is -1.55. The van der Waals surface area contributed by atoms with Crippen molar-refractivity contribution in [3.63, 3.8) is 0 Å². The van der Waals surface area contributed by atoms with Gasteiger partial charge in [0, 0.05) is 25.9 Å². The molecule has 1 unspecified atom stereocenters. The molecule has 1 atom stereocenters. The van der Waals surface area contributed by atoms with Crippen molar-refractivity contribution in [3.05, 3.63) is 23.9 Å². The normalized spacial score (nSPS) is 17.9. The molecule has 1 aromatic rings. The van der Waals surface area contributed by atoms with Gasteiger partial charge < -0.3 is 21.1 Å². The monoisotopic (exact) mass is 425 g/mol. The topological polar surface area (TPSA) is 84.6 Å². The van der Waals surface area contributed by atoms with Gasteiger partial charge >= 0.3 is 6.18 Å². The molecule has 25 heavy (non-hydrogen) atoms. The first kappa shape index (κ1) is 21.5. The molecular formula is C15H23BrF3N5O. The predicted molar refractivity (Wildman–Crippen MR) is 96.1 cm³/mol. The Morgan fingerprint density at radius 1 is 1.36 bits per heavy atom. The number of nitrogens with zero attached hydrogens (tertiary/aromatic N) is 2. The van der Waals surface area contributed by atoms with Crippen molar-refractivity contribution < 1.29 is 17.9 Å². The van der Waals surface area contributed by atoms with Gasteiger partial charge in [-0.1, -0.05) is 0 Å². The molecule has 0 aromatic carbocycles. The van der Waals surface area contributed by atoms with Crippen LogP contribution >= 0.6 is 17.0 Å². The van der Waals surface area contributed by atoms with Crippen LogP contribution in [0.25, 0.3) is 0 Å². The number of nitrogens with two attached hydrogens (primary N) is 1. The summed E-state index contributed by atoms with van der Waals surface area (Å²) >= 11 is 0. The highest BCUT2D eigenvalue weighted by Gasteiger charge is 2.30. The number of alkyl halides is 3. The van der Waals surface area contributed by atoms with Crippen LogP contribution in [-0.2, 0) is 10.9 Å². The molecule has 0 aliphatic carbocycles. The molecular weight excluding hydrogens is 403 g/mol. The molecule has 2 rings (SSSR count). The Bertz CT molecular complexity index is 533. The van der Waals surface area contributed by atoms with Gasteiger partial charge in [-0.05, 0) is 31.4 Å². The van der Waals surface area contributed by atoms with Gasteiger partial charge in [-0.2, -0.15) is 13.2 Å². The van der Waals surface area contributed by atoms with E-state index in [9.17, 15) is 13.2 Å². The standard InChI is InChI=1S/C15H22F3N5O.BrH/c16-15(17,18)11-4-5-13(22-9-11)20-6-2-7-21-14(19)23-10-12-3-1-8-24-12;/h4-5,9,12H,1-3,6-8,10H2,(H,20,22)(H3,19,21,23);1H. The van der Waals surface area contributed by atoms with Crippen molar-refractivity contribution in [3.8, 4) is 0 Å². The first-order valence-corrected chi connectivity index (χ1v) is 7.87. The maximum atomic E-state index is 12.4. The highest BCUT2D eigenvalue weighted by molar-refractivity contribution is 8.93. The molecule has 0 bridgehead atoms. The van der Waals surface area contributed by atoms with E-state index in [2.05, 4.69) is 20.6 Å². The van der Waals surface area contributed by atoms with Crippen LogP contribution in [0.1, 0.15) is 24.8 Å². The summed E-state index contributed by atoms with van der Waals surface area (Å²) in [5.74, 6) is 0.779. The fourth-order valence-corrected chi connectivity index (χ4v) is 2.23. The smallest absolute Gasteiger partial charge is 0.376 e. The van der Waals surface area contributed by atoms with E-state index in [-0.39, 0.29) is 23.1 Å². The van der Waals surface area contributed by atoms with Crippen LogP contribution in [0.15, 0.2) is 23.3 Å². The van der Waals surface area contributed by atoms with Crippen LogP contribution < -0.4 is 16.4 Å². The number of rotatable bonds is 7. The van der Waals surface area contributed by atoms with Crippen molar-refractivity contribution in [2.75, 3.05) is 31.6 Å². The molecule has 0 saturated carbocycles. The summed E-state index contributed by atoms with van der Waals surface area (Å²) < 4.78 is 42.7. The minimum Gasteiger partial charge on any atom is -0.376 e. The van der Waals surface area contributed by atoms with E-state index in [4.69, 9.17) is 10.5 Å². The number of aromatic nitrogens is 1. The van der Waals surface area contributed by atoms with Gasteiger partial charge in [0.15, 0.2) is 5.96 Å². The molecule has 6 nitrogen and oxygen atoms in total. The Kier molecular flexibility index (Phi) is 8.98. The van der Waals surface area contributed by atoms with E-state index in [1.165, 1.54) is 6.07 Å². The molecule has 10 heteroatoms. The molecule has 4 N–H and O–H groups in total. The second kappa shape index (κ2) is 10.4. The van der Waals surface area contributed by atoms with E-state index in [1.54, 1.807) is 0 Å². The lowest BCUT2D eigenvalue weighted by atomic mass is 10.2. The largest absolute Gasteiger partial charge is 0.417 e. The molecule has 1 saturated heterocycles. The summed E-state index contributed by atoms with van der Waals surface area (Å²) in [5, 5.41) is 5.94. The number of nitrogens with one attached hydrogen (secondary N) is 2. The predicted octanol–water partition coefficient (Wildman–Crippen LogP) is 2.56. The number of ether oxygens (including phenoxy) is 1. The fraction of sp³-hybridized carbons (Fsp3) is 0.600. The lowest BCUT2D eigenvalue weighted by Crippen LogP contribution is -2.34. The Morgan fingerprint density at radius 3 is 2.76 bits per heavy atom. The highest BCUT2D eigenvalue weighted by atomic mass is 79.9. The third kappa shape index (κ3) is 7.91. The molecule has 0 spiro atoms. The number of halogens is 4. The Labute approximate surface area is 155 Å². The molecule has 1 aliphatic rings. The second-order valence-corrected chi connectivity index (χ2v) is 5.50. The number of aliphatic imine (C=N–C) groups is 1. The zero-order valence-corrected chi connectivity index (χ0v) is 15.4. The minimum atomic E-state index is -4.37. The van der Waals surface area contributed by atoms with E-state index < -0.39 is 11.7 Å². The SMILES string of the molecule is Br.NC(=NCC1CCCO1)NCCCNc1ccc(C(F)(F)F)cn1. The lowest BCUT2D eigenvalue weighted by molar-refractivity contribution is -0.137. The van der Waals surface area contributed by atoms with Gasteiger partial charge in [-0.3, -0.25) is 4.99 Å². The van der Waals surface area contributed by atoms with Crippen LogP contribution in [0.3, 0.4) is 0 Å². The van der Waals surface area contributed by atoms with Crippen LogP contribution in [0, 0.1) is 0 Å². The van der Waals surface area contributed by atoms with Crippen molar-refractivity contribution in [1.29, 1.82) is 0 Å². The maximum Gasteiger partial charge on any atom is 0.417 e. The summed E-state index contributed by atoms with van der Waals surface area (Å²) in [6.45, 7) is 2.52. The molecule has 1 aromatic heterocycles. The summed E-state index contributed by atoms with van der Waals surface area (Å²) in [6, 6.07) is 2.32. The van der Waals surface area contributed by atoms with E-state index in [0.717, 1.165) is 38.1 Å². The van der Waals surface area contributed by atoms with E-state index in [0.29, 0.717) is 31.4 Å². The van der Waals surface area contributed by atoms with Crippen LogP contribution in [0.5, 0.6) is 0 Å². The highest BCUT2D eigenvalue weighted by Crippen LogP contribution is 2.28. The average Bonchev–Trinajstić information content (AvgIpc) is 3.05. The second-order valence-electron chi connectivity index (χ2n) is 5.50. The van der Waals surface area contributed by atoms with Gasteiger partial charge in [0.1, 0.15) is 5.82 Å².